The normalized spacial score (nSPS) is 33.3. The molecule has 0 saturated carbocycles. The number of esters is 1. The van der Waals surface area contributed by atoms with E-state index in [0.29, 0.717) is 29.2 Å². The number of carboxylic acids is 1. The van der Waals surface area contributed by atoms with Crippen molar-refractivity contribution in [1.82, 2.24) is 4.98 Å². The molecule has 0 bridgehead atoms. The van der Waals surface area contributed by atoms with E-state index >= 15 is 0 Å². The Morgan fingerprint density at radius 2 is 2.02 bits per heavy atom. The van der Waals surface area contributed by atoms with Crippen LogP contribution in [0, 0.1) is 11.8 Å². The Balaban J connectivity index is 1.74. The molecule has 0 aromatic carbocycles. The van der Waals surface area contributed by atoms with Gasteiger partial charge in [-0.3, -0.25) is 4.79 Å². The minimum Gasteiger partial charge on any atom is -0.481 e. The molecule has 0 radical (unpaired) electrons. The molecular formula is C32H45NO11. The fourth-order valence-electron chi connectivity index (χ4n) is 6.58. The minimum absolute atomic E-state index is 0.0353. The quantitative estimate of drug-likeness (QED) is 0.142. The first-order valence-corrected chi connectivity index (χ1v) is 15.1. The highest BCUT2D eigenvalue weighted by atomic mass is 16.7. The monoisotopic (exact) mass is 619 g/mol. The number of ether oxygens (including phenoxy) is 4. The Morgan fingerprint density at radius 1 is 1.30 bits per heavy atom. The molecule has 4 rings (SSSR count). The Hall–Kier alpha value is -3.00. The SMILES string of the molecule is C=C[C@@H]1[C@H](CC(=O)O)C(C(=O)OC)=CC[C@H]1O[C@@H]1O[C@H](CO)[C@]2(C=c3cc(C(C)C)[nH]c3=C(CCCO)O2)[C@H](O)[C@]1(O)CC. The van der Waals surface area contributed by atoms with Gasteiger partial charge in [-0.05, 0) is 37.3 Å². The van der Waals surface area contributed by atoms with Crippen molar-refractivity contribution in [3.63, 3.8) is 0 Å². The highest BCUT2D eigenvalue weighted by Crippen LogP contribution is 2.46. The summed E-state index contributed by atoms with van der Waals surface area (Å²) in [6, 6.07) is 1.93. The molecule has 1 aliphatic carbocycles. The molecule has 3 heterocycles. The Kier molecular flexibility index (Phi) is 10.4. The van der Waals surface area contributed by atoms with E-state index in [1.165, 1.54) is 13.2 Å². The molecule has 1 fully saturated rings. The minimum atomic E-state index is -2.04. The maximum atomic E-state index is 12.5. The summed E-state index contributed by atoms with van der Waals surface area (Å²) < 4.78 is 23.9. The van der Waals surface area contributed by atoms with Gasteiger partial charge in [-0.2, -0.15) is 0 Å². The first-order chi connectivity index (χ1) is 20.9. The van der Waals surface area contributed by atoms with Gasteiger partial charge in [0.1, 0.15) is 23.6 Å². The number of aromatic nitrogens is 1. The third-order valence-corrected chi connectivity index (χ3v) is 9.09. The van der Waals surface area contributed by atoms with Crippen molar-refractivity contribution in [1.29, 1.82) is 0 Å². The van der Waals surface area contributed by atoms with Gasteiger partial charge in [0.15, 0.2) is 11.9 Å². The van der Waals surface area contributed by atoms with Crippen LogP contribution in [0.4, 0.5) is 0 Å². The van der Waals surface area contributed by atoms with Gasteiger partial charge in [0.25, 0.3) is 0 Å². The zero-order valence-electron chi connectivity index (χ0n) is 25.7. The lowest BCUT2D eigenvalue weighted by Gasteiger charge is -2.55. The van der Waals surface area contributed by atoms with E-state index in [0.717, 1.165) is 5.69 Å². The van der Waals surface area contributed by atoms with Gasteiger partial charge in [-0.25, -0.2) is 4.79 Å². The largest absolute Gasteiger partial charge is 0.481 e. The second-order valence-corrected chi connectivity index (χ2v) is 12.0. The number of aliphatic hydroxyl groups excluding tert-OH is 3. The van der Waals surface area contributed by atoms with Crippen LogP contribution in [-0.4, -0.2) is 98.6 Å². The highest BCUT2D eigenvalue weighted by molar-refractivity contribution is 5.90. The van der Waals surface area contributed by atoms with Crippen molar-refractivity contribution < 1.29 is 54.1 Å². The van der Waals surface area contributed by atoms with Crippen LogP contribution in [0.1, 0.15) is 64.5 Å². The first kappa shape index (κ1) is 33.9. The molecule has 3 aliphatic rings. The zero-order valence-corrected chi connectivity index (χ0v) is 25.7. The summed E-state index contributed by atoms with van der Waals surface area (Å²) >= 11 is 0. The highest BCUT2D eigenvalue weighted by Gasteiger charge is 2.64. The molecule has 12 heteroatoms. The molecule has 1 aromatic heterocycles. The summed E-state index contributed by atoms with van der Waals surface area (Å²) in [5.41, 5.74) is -2.63. The molecular weight excluding hydrogens is 574 g/mol. The number of rotatable bonds is 12. The van der Waals surface area contributed by atoms with E-state index < -0.39 is 72.6 Å². The predicted molar refractivity (Wildman–Crippen MR) is 158 cm³/mol. The van der Waals surface area contributed by atoms with E-state index in [1.807, 2.05) is 19.9 Å². The van der Waals surface area contributed by atoms with Crippen LogP contribution in [0.25, 0.3) is 11.8 Å². The molecule has 44 heavy (non-hydrogen) atoms. The lowest BCUT2D eigenvalue weighted by atomic mass is 9.73. The average Bonchev–Trinajstić information content (AvgIpc) is 3.44. The molecule has 1 saturated heterocycles. The van der Waals surface area contributed by atoms with Gasteiger partial charge in [0, 0.05) is 41.3 Å². The summed E-state index contributed by atoms with van der Waals surface area (Å²) in [6.07, 6.45) is 0.0664. The number of aromatic amines is 1. The maximum absolute atomic E-state index is 12.5. The third-order valence-electron chi connectivity index (χ3n) is 9.09. The fourth-order valence-corrected chi connectivity index (χ4v) is 6.58. The van der Waals surface area contributed by atoms with Crippen molar-refractivity contribution >= 4 is 23.8 Å². The summed E-state index contributed by atoms with van der Waals surface area (Å²) in [5, 5.41) is 55.2. The van der Waals surface area contributed by atoms with Crippen molar-refractivity contribution in [2.45, 2.75) is 94.6 Å². The Labute approximate surface area is 256 Å². The molecule has 12 nitrogen and oxygen atoms in total. The van der Waals surface area contributed by atoms with Crippen LogP contribution in [-0.2, 0) is 28.5 Å². The zero-order chi connectivity index (χ0) is 32.4. The number of carbonyl (C=O) groups excluding carboxylic acids is 1. The summed E-state index contributed by atoms with van der Waals surface area (Å²) in [6.45, 7) is 8.88. The van der Waals surface area contributed by atoms with Crippen molar-refractivity contribution in [2.24, 2.45) is 11.8 Å². The van der Waals surface area contributed by atoms with Crippen molar-refractivity contribution in [3.8, 4) is 0 Å². The number of aliphatic carboxylic acids is 1. The van der Waals surface area contributed by atoms with Gasteiger partial charge in [0.2, 0.25) is 0 Å². The second-order valence-electron chi connectivity index (χ2n) is 12.0. The molecule has 2 aliphatic heterocycles. The van der Waals surface area contributed by atoms with E-state index in [1.54, 1.807) is 19.1 Å². The number of fused-ring (bicyclic) bond motifs is 1. The molecule has 6 N–H and O–H groups in total. The molecule has 0 unspecified atom stereocenters. The average molecular weight is 620 g/mol. The van der Waals surface area contributed by atoms with Crippen LogP contribution in [0.5, 0.6) is 0 Å². The smallest absolute Gasteiger partial charge is 0.333 e. The van der Waals surface area contributed by atoms with Crippen molar-refractivity contribution in [3.05, 3.63) is 46.6 Å². The first-order valence-electron chi connectivity index (χ1n) is 15.1. The van der Waals surface area contributed by atoms with Crippen LogP contribution in [0.3, 0.4) is 0 Å². The van der Waals surface area contributed by atoms with Gasteiger partial charge in [0.05, 0.1) is 31.6 Å². The lowest BCUT2D eigenvalue weighted by Crippen LogP contribution is -2.74. The second kappa shape index (κ2) is 13.6. The lowest BCUT2D eigenvalue weighted by molar-refractivity contribution is -0.365. The number of carboxylic acid groups (broad SMARTS) is 1. The van der Waals surface area contributed by atoms with Gasteiger partial charge >= 0.3 is 11.9 Å². The number of methoxy groups -OCH3 is 1. The fraction of sp³-hybridized carbons (Fsp3) is 0.625. The molecule has 1 spiro atoms. The van der Waals surface area contributed by atoms with Crippen molar-refractivity contribution in [2.75, 3.05) is 20.3 Å². The van der Waals surface area contributed by atoms with E-state index in [9.17, 15) is 35.1 Å². The topological polar surface area (TPSA) is 188 Å². The molecule has 1 aromatic rings. The number of carbonyl (C=O) groups is 2. The van der Waals surface area contributed by atoms with E-state index in [2.05, 4.69) is 11.6 Å². The summed E-state index contributed by atoms with van der Waals surface area (Å²) in [4.78, 5) is 27.6. The van der Waals surface area contributed by atoms with Crippen LogP contribution in [0.2, 0.25) is 0 Å². The van der Waals surface area contributed by atoms with Crippen LogP contribution in [0.15, 0.2) is 30.4 Å². The number of nitrogens with one attached hydrogen (secondary N) is 1. The number of hydrogen-bond acceptors (Lipinski definition) is 10. The van der Waals surface area contributed by atoms with Gasteiger partial charge in [-0.1, -0.05) is 32.9 Å². The molecule has 244 valence electrons. The molecule has 0 amide bonds. The van der Waals surface area contributed by atoms with Gasteiger partial charge in [-0.15, -0.1) is 6.58 Å². The van der Waals surface area contributed by atoms with E-state index in [4.69, 9.17) is 18.9 Å². The summed E-state index contributed by atoms with van der Waals surface area (Å²) in [5.74, 6) is -2.66. The Morgan fingerprint density at radius 3 is 2.59 bits per heavy atom. The number of hydrogen-bond donors (Lipinski definition) is 6. The Bertz CT molecular complexity index is 1380. The summed E-state index contributed by atoms with van der Waals surface area (Å²) in [7, 11) is 1.22. The molecule has 8 atom stereocenters. The maximum Gasteiger partial charge on any atom is 0.333 e. The van der Waals surface area contributed by atoms with E-state index in [-0.39, 0.29) is 30.9 Å². The third kappa shape index (κ3) is 5.99. The standard InChI is InChI=1S/C32H45NO11/c1-6-19-21(14-26(36)37)20(28(38)41-5)10-11-23(19)42-30-31(40,7-2)29(39)32(25(16-35)43-30)15-18-13-22(17(3)4)33-27(18)24(44-32)9-8-12-34/h6,10,13,15,17,19,21,23,25,29-30,33-35,39-40H,1,7-9,11-12,14,16H2,2-5H3,(H,36,37)/t19-,21+,23-,25-,29-,30-,31-,32-/m1/s1. The number of H-pyrrole nitrogens is 1. The predicted octanol–water partition coefficient (Wildman–Crippen LogP) is 0.569. The van der Waals surface area contributed by atoms with Gasteiger partial charge < -0.3 is 49.5 Å². The van der Waals surface area contributed by atoms with Crippen LogP contribution >= 0.6 is 0 Å². The number of aliphatic hydroxyl groups is 4. The van der Waals surface area contributed by atoms with Crippen LogP contribution < -0.4 is 10.6 Å².